The predicted octanol–water partition coefficient (Wildman–Crippen LogP) is 5.45. The van der Waals surface area contributed by atoms with Crippen molar-refractivity contribution in [1.82, 2.24) is 0 Å². The van der Waals surface area contributed by atoms with E-state index in [1.807, 2.05) is 0 Å². The van der Waals surface area contributed by atoms with E-state index in [4.69, 9.17) is 0 Å². The van der Waals surface area contributed by atoms with Gasteiger partial charge >= 0.3 is 0 Å². The molecule has 4 aliphatic carbocycles. The fourth-order valence-corrected chi connectivity index (χ4v) is 6.02. The van der Waals surface area contributed by atoms with E-state index in [-0.39, 0.29) is 0 Å². The molecule has 19 heavy (non-hydrogen) atoms. The van der Waals surface area contributed by atoms with Crippen molar-refractivity contribution >= 4 is 15.9 Å². The van der Waals surface area contributed by atoms with Crippen LogP contribution >= 0.6 is 15.9 Å². The summed E-state index contributed by atoms with van der Waals surface area (Å²) in [5.41, 5.74) is 1.51. The molecule has 4 bridgehead atoms. The van der Waals surface area contributed by atoms with E-state index >= 15 is 0 Å². The summed E-state index contributed by atoms with van der Waals surface area (Å²) in [6, 6.07) is 8.78. The molecule has 5 rings (SSSR count). The second-order valence-corrected chi connectivity index (χ2v) is 8.08. The van der Waals surface area contributed by atoms with Gasteiger partial charge in [-0.1, -0.05) is 34.1 Å². The molecule has 4 aliphatic rings. The van der Waals surface area contributed by atoms with E-state index in [2.05, 4.69) is 40.2 Å². The fraction of sp³-hybridized carbons (Fsp3) is 0.667. The van der Waals surface area contributed by atoms with Gasteiger partial charge in [-0.15, -0.1) is 0 Å². The summed E-state index contributed by atoms with van der Waals surface area (Å²) < 4.78 is 1.30. The number of benzene rings is 1. The Balaban J connectivity index is 1.45. The maximum absolute atomic E-state index is 3.70. The van der Waals surface area contributed by atoms with E-state index in [0.29, 0.717) is 0 Å². The third-order valence-corrected chi connectivity index (χ3v) is 6.90. The Kier molecular flexibility index (Phi) is 3.22. The van der Waals surface area contributed by atoms with Crippen molar-refractivity contribution in [2.75, 3.05) is 0 Å². The van der Waals surface area contributed by atoms with Gasteiger partial charge in [0.1, 0.15) is 0 Å². The van der Waals surface area contributed by atoms with Crippen LogP contribution in [0.3, 0.4) is 0 Å². The lowest BCUT2D eigenvalue weighted by molar-refractivity contribution is -0.0394. The second-order valence-electron chi connectivity index (χ2n) is 7.22. The van der Waals surface area contributed by atoms with Gasteiger partial charge in [0.25, 0.3) is 0 Å². The minimum absolute atomic E-state index is 1.04. The highest BCUT2D eigenvalue weighted by molar-refractivity contribution is 9.10. The summed E-state index contributed by atoms with van der Waals surface area (Å²) in [4.78, 5) is 0. The molecule has 0 saturated heterocycles. The molecule has 0 unspecified atom stereocenters. The molecule has 4 fully saturated rings. The highest BCUT2D eigenvalue weighted by atomic mass is 79.9. The first-order valence-corrected chi connectivity index (χ1v) is 8.82. The van der Waals surface area contributed by atoms with Gasteiger partial charge in [-0.3, -0.25) is 0 Å². The van der Waals surface area contributed by atoms with Gasteiger partial charge < -0.3 is 0 Å². The van der Waals surface area contributed by atoms with E-state index in [1.54, 1.807) is 32.1 Å². The summed E-state index contributed by atoms with van der Waals surface area (Å²) in [5.74, 6) is 5.43. The van der Waals surface area contributed by atoms with Crippen LogP contribution in [0.15, 0.2) is 28.7 Å². The zero-order valence-corrected chi connectivity index (χ0v) is 13.1. The molecule has 0 N–H and O–H groups in total. The van der Waals surface area contributed by atoms with Crippen LogP contribution in [0, 0.1) is 29.6 Å². The number of aryl methyl sites for hydroxylation is 1. The second kappa shape index (κ2) is 4.91. The van der Waals surface area contributed by atoms with Gasteiger partial charge in [0, 0.05) is 4.47 Å². The number of rotatable bonds is 3. The normalized spacial score (nSPS) is 39.7. The zero-order chi connectivity index (χ0) is 12.8. The van der Waals surface area contributed by atoms with Gasteiger partial charge in [0.05, 0.1) is 0 Å². The van der Waals surface area contributed by atoms with Crippen molar-refractivity contribution < 1.29 is 0 Å². The quantitative estimate of drug-likeness (QED) is 0.694. The minimum atomic E-state index is 1.04. The number of hydrogen-bond acceptors (Lipinski definition) is 0. The smallest absolute Gasteiger partial charge is 0.0207 e. The number of halogens is 1. The van der Waals surface area contributed by atoms with Crippen molar-refractivity contribution in [3.05, 3.63) is 34.3 Å². The van der Waals surface area contributed by atoms with Crippen molar-refractivity contribution in [2.24, 2.45) is 29.6 Å². The molecule has 0 aromatic heterocycles. The molecule has 1 aromatic rings. The molecule has 0 atom stereocenters. The summed E-state index contributed by atoms with van der Waals surface area (Å²) in [7, 11) is 0. The van der Waals surface area contributed by atoms with Crippen molar-refractivity contribution in [2.45, 2.75) is 44.9 Å². The maximum Gasteiger partial charge on any atom is 0.0207 e. The molecule has 0 amide bonds. The standard InChI is InChI=1S/C18H23Br/c19-18-4-2-1-3-14(18)5-6-17-15-8-12-7-13(10-15)11-16(17)9-12/h1-4,12-13,15-17H,5-11H2. The van der Waals surface area contributed by atoms with Gasteiger partial charge in [0.15, 0.2) is 0 Å². The first-order chi connectivity index (χ1) is 9.29. The van der Waals surface area contributed by atoms with Crippen LogP contribution < -0.4 is 0 Å². The fourth-order valence-electron chi connectivity index (χ4n) is 5.53. The summed E-state index contributed by atoms with van der Waals surface area (Å²) in [6.45, 7) is 0. The van der Waals surface area contributed by atoms with Crippen molar-refractivity contribution in [3.8, 4) is 0 Å². The average Bonchev–Trinajstić information content (AvgIpc) is 2.39. The van der Waals surface area contributed by atoms with E-state index in [0.717, 1.165) is 29.6 Å². The van der Waals surface area contributed by atoms with Crippen LogP contribution in [0.1, 0.15) is 44.1 Å². The Morgan fingerprint density at radius 3 is 2.16 bits per heavy atom. The molecular weight excluding hydrogens is 296 g/mol. The third-order valence-electron chi connectivity index (χ3n) is 6.13. The molecule has 0 heterocycles. The zero-order valence-electron chi connectivity index (χ0n) is 11.5. The molecule has 0 aliphatic heterocycles. The Bertz CT molecular complexity index is 437. The van der Waals surface area contributed by atoms with Crippen molar-refractivity contribution in [1.29, 1.82) is 0 Å². The Morgan fingerprint density at radius 2 is 1.53 bits per heavy atom. The lowest BCUT2D eigenvalue weighted by Gasteiger charge is -2.54. The lowest BCUT2D eigenvalue weighted by atomic mass is 9.51. The number of hydrogen-bond donors (Lipinski definition) is 0. The van der Waals surface area contributed by atoms with E-state index in [1.165, 1.54) is 22.9 Å². The van der Waals surface area contributed by atoms with Gasteiger partial charge in [-0.25, -0.2) is 0 Å². The average molecular weight is 319 g/mol. The van der Waals surface area contributed by atoms with Crippen LogP contribution in [0.2, 0.25) is 0 Å². The third kappa shape index (κ3) is 2.28. The van der Waals surface area contributed by atoms with E-state index < -0.39 is 0 Å². The molecule has 0 nitrogen and oxygen atoms in total. The van der Waals surface area contributed by atoms with Crippen molar-refractivity contribution in [3.63, 3.8) is 0 Å². The Hall–Kier alpha value is -0.300. The minimum Gasteiger partial charge on any atom is -0.0619 e. The lowest BCUT2D eigenvalue weighted by Crippen LogP contribution is -2.45. The highest BCUT2D eigenvalue weighted by Crippen LogP contribution is 2.57. The Morgan fingerprint density at radius 1 is 0.895 bits per heavy atom. The first kappa shape index (κ1) is 12.4. The van der Waals surface area contributed by atoms with Crippen LogP contribution in [0.5, 0.6) is 0 Å². The molecule has 0 radical (unpaired) electrons. The van der Waals surface area contributed by atoms with Crippen LogP contribution in [0.25, 0.3) is 0 Å². The van der Waals surface area contributed by atoms with Gasteiger partial charge in [-0.05, 0) is 86.2 Å². The summed E-state index contributed by atoms with van der Waals surface area (Å²) in [6.07, 6.45) is 10.5. The van der Waals surface area contributed by atoms with Gasteiger partial charge in [0.2, 0.25) is 0 Å². The predicted molar refractivity (Wildman–Crippen MR) is 83.0 cm³/mol. The van der Waals surface area contributed by atoms with Crippen LogP contribution in [-0.4, -0.2) is 0 Å². The topological polar surface area (TPSA) is 0 Å². The summed E-state index contributed by atoms with van der Waals surface area (Å²) in [5, 5.41) is 0. The molecule has 1 aromatic carbocycles. The molecule has 102 valence electrons. The monoisotopic (exact) mass is 318 g/mol. The maximum atomic E-state index is 3.70. The highest BCUT2D eigenvalue weighted by Gasteiger charge is 2.47. The first-order valence-electron chi connectivity index (χ1n) is 8.03. The molecular formula is C18H23Br. The molecule has 4 saturated carbocycles. The Labute approximate surface area is 125 Å². The molecule has 1 heteroatoms. The SMILES string of the molecule is Brc1ccccc1CCC1C2CC3CC(C2)CC1C3. The van der Waals surface area contributed by atoms with Gasteiger partial charge in [-0.2, -0.15) is 0 Å². The largest absolute Gasteiger partial charge is 0.0619 e. The van der Waals surface area contributed by atoms with Crippen LogP contribution in [0.4, 0.5) is 0 Å². The molecule has 0 spiro atoms. The summed E-state index contributed by atoms with van der Waals surface area (Å²) >= 11 is 3.70. The van der Waals surface area contributed by atoms with Crippen LogP contribution in [-0.2, 0) is 6.42 Å². The van der Waals surface area contributed by atoms with E-state index in [9.17, 15) is 0 Å².